The molecule has 1 N–H and O–H groups in total. The summed E-state index contributed by atoms with van der Waals surface area (Å²) in [6.07, 6.45) is 5.10. The molecule has 19 heavy (non-hydrogen) atoms. The van der Waals surface area contributed by atoms with Crippen molar-refractivity contribution in [1.82, 2.24) is 4.90 Å². The van der Waals surface area contributed by atoms with Gasteiger partial charge in [-0.05, 0) is 38.0 Å². The molecule has 2 aliphatic rings. The maximum atomic E-state index is 12.6. The highest BCUT2D eigenvalue weighted by Gasteiger charge is 2.38. The van der Waals surface area contributed by atoms with Gasteiger partial charge in [-0.3, -0.25) is 9.59 Å². The number of carbonyl (C=O) groups is 2. The van der Waals surface area contributed by atoms with Crippen molar-refractivity contribution in [3.63, 3.8) is 0 Å². The maximum absolute atomic E-state index is 12.6. The molecule has 0 aromatic heterocycles. The molecule has 0 aromatic rings. The Bertz CT molecular complexity index is 355. The summed E-state index contributed by atoms with van der Waals surface area (Å²) < 4.78 is 0. The molecule has 2 rings (SSSR count). The fourth-order valence-electron chi connectivity index (χ4n) is 3.68. The molecule has 108 valence electrons. The van der Waals surface area contributed by atoms with Gasteiger partial charge >= 0.3 is 5.97 Å². The van der Waals surface area contributed by atoms with Gasteiger partial charge < -0.3 is 10.0 Å². The highest BCUT2D eigenvalue weighted by molar-refractivity contribution is 5.81. The van der Waals surface area contributed by atoms with E-state index in [1.54, 1.807) is 0 Å². The van der Waals surface area contributed by atoms with E-state index < -0.39 is 5.97 Å². The van der Waals surface area contributed by atoms with Gasteiger partial charge in [0.15, 0.2) is 0 Å². The zero-order valence-corrected chi connectivity index (χ0v) is 12.0. The van der Waals surface area contributed by atoms with Crippen LogP contribution in [0.15, 0.2) is 0 Å². The van der Waals surface area contributed by atoms with Gasteiger partial charge in [0, 0.05) is 18.5 Å². The third kappa shape index (κ3) is 3.10. The maximum Gasteiger partial charge on any atom is 0.306 e. The van der Waals surface area contributed by atoms with Gasteiger partial charge in [-0.15, -0.1) is 0 Å². The van der Waals surface area contributed by atoms with E-state index in [0.29, 0.717) is 18.4 Å². The molecule has 2 fully saturated rings. The molecule has 0 bridgehead atoms. The number of carbonyl (C=O) groups excluding carboxylic acids is 1. The molecule has 1 amide bonds. The van der Waals surface area contributed by atoms with Crippen LogP contribution in [0.25, 0.3) is 0 Å². The minimum absolute atomic E-state index is 0.0609. The van der Waals surface area contributed by atoms with E-state index in [2.05, 4.69) is 13.8 Å². The fraction of sp³-hybridized carbons (Fsp3) is 0.867. The van der Waals surface area contributed by atoms with Crippen LogP contribution in [0.3, 0.4) is 0 Å². The highest BCUT2D eigenvalue weighted by Crippen LogP contribution is 2.34. The monoisotopic (exact) mass is 267 g/mol. The van der Waals surface area contributed by atoms with Gasteiger partial charge in [0.1, 0.15) is 0 Å². The minimum Gasteiger partial charge on any atom is -0.481 e. The number of hydrogen-bond acceptors (Lipinski definition) is 2. The Labute approximate surface area is 115 Å². The second-order valence-corrected chi connectivity index (χ2v) is 6.29. The summed E-state index contributed by atoms with van der Waals surface area (Å²) in [6.45, 7) is 5.17. The van der Waals surface area contributed by atoms with Crippen molar-refractivity contribution >= 4 is 11.9 Å². The summed E-state index contributed by atoms with van der Waals surface area (Å²) in [6, 6.07) is 0.368. The number of amides is 1. The summed E-state index contributed by atoms with van der Waals surface area (Å²) in [5.41, 5.74) is 0. The summed E-state index contributed by atoms with van der Waals surface area (Å²) in [4.78, 5) is 25.7. The molecule has 4 nitrogen and oxygen atoms in total. The number of carboxylic acids is 1. The van der Waals surface area contributed by atoms with E-state index in [0.717, 1.165) is 38.6 Å². The van der Waals surface area contributed by atoms with E-state index in [4.69, 9.17) is 5.11 Å². The molecule has 0 aromatic carbocycles. The molecule has 1 aliphatic carbocycles. The molecule has 0 radical (unpaired) electrons. The Kier molecular flexibility index (Phi) is 4.48. The summed E-state index contributed by atoms with van der Waals surface area (Å²) in [5, 5.41) is 9.12. The van der Waals surface area contributed by atoms with Crippen LogP contribution < -0.4 is 0 Å². The predicted molar refractivity (Wildman–Crippen MR) is 72.7 cm³/mol. The first kappa shape index (κ1) is 14.4. The Morgan fingerprint density at radius 1 is 1.21 bits per heavy atom. The lowest BCUT2D eigenvalue weighted by molar-refractivity contribution is -0.145. The number of nitrogens with zero attached hydrogens (tertiary/aromatic N) is 1. The zero-order valence-electron chi connectivity index (χ0n) is 12.0. The zero-order chi connectivity index (χ0) is 14.0. The standard InChI is InChI=1S/C15H25NO3/c1-3-13-7-10(2)9-16(13)14(17)11-5-4-6-12(8-11)15(18)19/h10-13H,3-9H2,1-2H3,(H,18,19). The normalized spacial score (nSPS) is 35.4. The average molecular weight is 267 g/mol. The van der Waals surface area contributed by atoms with Crippen molar-refractivity contribution in [3.05, 3.63) is 0 Å². The van der Waals surface area contributed by atoms with Gasteiger partial charge in [0.05, 0.1) is 5.92 Å². The molecule has 1 saturated heterocycles. The lowest BCUT2D eigenvalue weighted by Crippen LogP contribution is -2.41. The number of rotatable bonds is 3. The second-order valence-electron chi connectivity index (χ2n) is 6.29. The molecule has 4 atom stereocenters. The van der Waals surface area contributed by atoms with Gasteiger partial charge in [-0.2, -0.15) is 0 Å². The lowest BCUT2D eigenvalue weighted by atomic mass is 9.80. The Hall–Kier alpha value is -1.06. The first-order chi connectivity index (χ1) is 9.02. The molecule has 1 saturated carbocycles. The van der Waals surface area contributed by atoms with E-state index in [1.807, 2.05) is 4.90 Å². The van der Waals surface area contributed by atoms with Crippen LogP contribution in [0.1, 0.15) is 52.4 Å². The fourth-order valence-corrected chi connectivity index (χ4v) is 3.68. The average Bonchev–Trinajstić information content (AvgIpc) is 2.79. The number of carboxylic acid groups (broad SMARTS) is 1. The van der Waals surface area contributed by atoms with Crippen LogP contribution in [0.5, 0.6) is 0 Å². The van der Waals surface area contributed by atoms with Gasteiger partial charge in [0.25, 0.3) is 0 Å². The SMILES string of the molecule is CCC1CC(C)CN1C(=O)C1CCCC(C(=O)O)C1. The van der Waals surface area contributed by atoms with Crippen molar-refractivity contribution in [1.29, 1.82) is 0 Å². The number of hydrogen-bond donors (Lipinski definition) is 1. The van der Waals surface area contributed by atoms with E-state index in [1.165, 1.54) is 0 Å². The summed E-state index contributed by atoms with van der Waals surface area (Å²) in [5.74, 6) is -0.328. The highest BCUT2D eigenvalue weighted by atomic mass is 16.4. The Balaban J connectivity index is 2.00. The molecular weight excluding hydrogens is 242 g/mol. The van der Waals surface area contributed by atoms with Crippen LogP contribution in [0, 0.1) is 17.8 Å². The van der Waals surface area contributed by atoms with Crippen molar-refractivity contribution in [2.45, 2.75) is 58.4 Å². The summed E-state index contributed by atoms with van der Waals surface area (Å²) >= 11 is 0. The number of likely N-dealkylation sites (tertiary alicyclic amines) is 1. The third-order valence-corrected chi connectivity index (χ3v) is 4.75. The van der Waals surface area contributed by atoms with Crippen LogP contribution in [0.2, 0.25) is 0 Å². The molecule has 1 aliphatic heterocycles. The minimum atomic E-state index is -0.737. The lowest BCUT2D eigenvalue weighted by Gasteiger charge is -2.32. The molecule has 4 heteroatoms. The van der Waals surface area contributed by atoms with Crippen LogP contribution in [-0.4, -0.2) is 34.5 Å². The van der Waals surface area contributed by atoms with Gasteiger partial charge in [-0.25, -0.2) is 0 Å². The second kappa shape index (κ2) is 5.93. The first-order valence-corrected chi connectivity index (χ1v) is 7.56. The Morgan fingerprint density at radius 2 is 1.89 bits per heavy atom. The molecule has 4 unspecified atom stereocenters. The Morgan fingerprint density at radius 3 is 2.53 bits per heavy atom. The third-order valence-electron chi connectivity index (χ3n) is 4.75. The molecule has 0 spiro atoms. The topological polar surface area (TPSA) is 57.6 Å². The van der Waals surface area contributed by atoms with Gasteiger partial charge in [0.2, 0.25) is 5.91 Å². The van der Waals surface area contributed by atoms with Crippen molar-refractivity contribution in [2.75, 3.05) is 6.54 Å². The van der Waals surface area contributed by atoms with Crippen LogP contribution in [0.4, 0.5) is 0 Å². The van der Waals surface area contributed by atoms with Gasteiger partial charge in [-0.1, -0.05) is 20.3 Å². The van der Waals surface area contributed by atoms with E-state index in [-0.39, 0.29) is 17.7 Å². The first-order valence-electron chi connectivity index (χ1n) is 7.56. The van der Waals surface area contributed by atoms with Crippen LogP contribution >= 0.6 is 0 Å². The quantitative estimate of drug-likeness (QED) is 0.854. The van der Waals surface area contributed by atoms with Crippen molar-refractivity contribution in [3.8, 4) is 0 Å². The van der Waals surface area contributed by atoms with Crippen molar-refractivity contribution in [2.24, 2.45) is 17.8 Å². The smallest absolute Gasteiger partial charge is 0.306 e. The van der Waals surface area contributed by atoms with Crippen molar-refractivity contribution < 1.29 is 14.7 Å². The van der Waals surface area contributed by atoms with E-state index >= 15 is 0 Å². The van der Waals surface area contributed by atoms with E-state index in [9.17, 15) is 9.59 Å². The largest absolute Gasteiger partial charge is 0.481 e. The molecular formula is C15H25NO3. The molecule has 1 heterocycles. The number of aliphatic carboxylic acids is 1. The predicted octanol–water partition coefficient (Wildman–Crippen LogP) is 2.52. The van der Waals surface area contributed by atoms with Crippen LogP contribution in [-0.2, 0) is 9.59 Å². The summed E-state index contributed by atoms with van der Waals surface area (Å²) in [7, 11) is 0.